The van der Waals surface area contributed by atoms with Crippen molar-refractivity contribution in [3.8, 4) is 24.3 Å². The monoisotopic (exact) mass is 795 g/mol. The van der Waals surface area contributed by atoms with Gasteiger partial charge in [0.25, 0.3) is 5.91 Å². The zero-order valence-corrected chi connectivity index (χ0v) is 33.6. The first-order valence-electron chi connectivity index (χ1n) is 19.0. The van der Waals surface area contributed by atoms with E-state index in [-0.39, 0.29) is 22.5 Å². The van der Waals surface area contributed by atoms with Crippen LogP contribution in [0.3, 0.4) is 0 Å². The van der Waals surface area contributed by atoms with Crippen molar-refractivity contribution >= 4 is 58.3 Å². The van der Waals surface area contributed by atoms with Gasteiger partial charge in [-0.2, -0.15) is 26.0 Å². The Kier molecular flexibility index (Phi) is 18.0. The summed E-state index contributed by atoms with van der Waals surface area (Å²) in [6, 6.07) is 14.7. The maximum Gasteiger partial charge on any atom is 0.332 e. The molecule has 1 heterocycles. The molecule has 14 heteroatoms. The summed E-state index contributed by atoms with van der Waals surface area (Å²) in [5.74, 6) is -0.184. The largest absolute Gasteiger partial charge is 0.332 e. The Labute approximate surface area is 340 Å². The van der Waals surface area contributed by atoms with Crippen LogP contribution in [0.1, 0.15) is 119 Å². The summed E-state index contributed by atoms with van der Waals surface area (Å²) in [6.07, 6.45) is 15.7. The average molecular weight is 797 g/mol. The van der Waals surface area contributed by atoms with Gasteiger partial charge in [-0.15, -0.1) is 0 Å². The normalized spacial score (nSPS) is 15.9. The molecule has 0 bridgehead atoms. The molecule has 0 atom stereocenters. The second kappa shape index (κ2) is 22.3. The Morgan fingerprint density at radius 2 is 1.46 bits per heavy atom. The van der Waals surface area contributed by atoms with Gasteiger partial charge in [0.2, 0.25) is 6.08 Å². The highest BCUT2D eigenvalue weighted by Crippen LogP contribution is 2.45. The summed E-state index contributed by atoms with van der Waals surface area (Å²) < 4.78 is 0. The highest BCUT2D eigenvalue weighted by Gasteiger charge is 2.58. The van der Waals surface area contributed by atoms with Crippen LogP contribution in [0, 0.1) is 65.7 Å². The molecule has 1 saturated heterocycles. The minimum absolute atomic E-state index is 0.184. The van der Waals surface area contributed by atoms with E-state index in [0.717, 1.165) is 70.8 Å². The number of rotatable bonds is 13. The third kappa shape index (κ3) is 11.0. The lowest BCUT2D eigenvalue weighted by Crippen LogP contribution is -2.47. The SMILES string of the molecule is Cc1c(N2C(=O)N(CCCCCC#N)C3(CCCC3)C2=O)ccc(C#N)c1Cl.N#CCCCCCNC1(C#N)CCCC1.[C-]#[N+]c1ccc(N=C=O)c(Cl)c1C. The first kappa shape index (κ1) is 45.1. The molecule has 3 amide bonds. The van der Waals surface area contributed by atoms with Crippen LogP contribution in [0.2, 0.25) is 10.0 Å². The third-order valence-electron chi connectivity index (χ3n) is 10.6. The van der Waals surface area contributed by atoms with Gasteiger partial charge in [0.15, 0.2) is 5.69 Å². The summed E-state index contributed by atoms with van der Waals surface area (Å²) >= 11 is 12.1. The van der Waals surface area contributed by atoms with Crippen LogP contribution >= 0.6 is 23.2 Å². The third-order valence-corrected chi connectivity index (χ3v) is 11.5. The zero-order chi connectivity index (χ0) is 41.1. The van der Waals surface area contributed by atoms with Gasteiger partial charge in [0.05, 0.1) is 51.8 Å². The van der Waals surface area contributed by atoms with Crippen molar-refractivity contribution < 1.29 is 14.4 Å². The molecule has 1 N–H and O–H groups in total. The number of hydrogen-bond donors (Lipinski definition) is 1. The van der Waals surface area contributed by atoms with Crippen molar-refractivity contribution in [1.82, 2.24) is 10.2 Å². The van der Waals surface area contributed by atoms with Crippen LogP contribution in [0.4, 0.5) is 21.9 Å². The number of unbranched alkanes of at least 4 members (excludes halogenated alkanes) is 6. The van der Waals surface area contributed by atoms with E-state index in [0.29, 0.717) is 71.0 Å². The predicted octanol–water partition coefficient (Wildman–Crippen LogP) is 10.3. The highest BCUT2D eigenvalue weighted by atomic mass is 35.5. The Morgan fingerprint density at radius 1 is 0.839 bits per heavy atom. The van der Waals surface area contributed by atoms with E-state index in [2.05, 4.69) is 33.4 Å². The van der Waals surface area contributed by atoms with Crippen LogP contribution in [0.5, 0.6) is 0 Å². The van der Waals surface area contributed by atoms with E-state index in [1.807, 2.05) is 6.07 Å². The van der Waals surface area contributed by atoms with Crippen LogP contribution in [0.25, 0.3) is 4.85 Å². The predicted molar refractivity (Wildman–Crippen MR) is 215 cm³/mol. The number of amides is 3. The minimum atomic E-state index is -0.765. The zero-order valence-electron chi connectivity index (χ0n) is 32.1. The molecule has 1 spiro atoms. The lowest BCUT2D eigenvalue weighted by molar-refractivity contribution is -0.124. The van der Waals surface area contributed by atoms with Gasteiger partial charge >= 0.3 is 6.03 Å². The number of nitrogens with zero attached hydrogens (tertiary/aromatic N) is 8. The van der Waals surface area contributed by atoms with E-state index < -0.39 is 5.54 Å². The van der Waals surface area contributed by atoms with E-state index in [1.54, 1.807) is 36.9 Å². The number of halogens is 2. The van der Waals surface area contributed by atoms with E-state index >= 15 is 0 Å². The number of isocyanates is 1. The molecule has 2 aromatic rings. The molecular weight excluding hydrogens is 749 g/mol. The summed E-state index contributed by atoms with van der Waals surface area (Å²) in [5.41, 5.74) is 1.80. The molecule has 292 valence electrons. The number of benzene rings is 2. The lowest BCUT2D eigenvalue weighted by Gasteiger charge is -2.31. The fraction of sp³-hybridized carbons (Fsp3) is 0.524. The Balaban J connectivity index is 0.000000252. The smallest absolute Gasteiger partial charge is 0.309 e. The Bertz CT molecular complexity index is 1980. The molecular formula is C42H47Cl2N9O3. The Hall–Kier alpha value is -5.25. The number of imide groups is 1. The maximum atomic E-state index is 13.4. The average Bonchev–Trinajstić information content (AvgIpc) is 3.94. The van der Waals surface area contributed by atoms with Gasteiger partial charge in [-0.1, -0.05) is 67.8 Å². The number of nitriles is 4. The van der Waals surface area contributed by atoms with Crippen molar-refractivity contribution in [2.24, 2.45) is 4.99 Å². The van der Waals surface area contributed by atoms with E-state index in [9.17, 15) is 14.4 Å². The van der Waals surface area contributed by atoms with Crippen molar-refractivity contribution in [2.75, 3.05) is 18.0 Å². The number of nitrogens with one attached hydrogen (secondary N) is 1. The van der Waals surface area contributed by atoms with Crippen LogP contribution in [-0.2, 0) is 9.59 Å². The molecule has 2 aromatic carbocycles. The number of carbonyl (C=O) groups excluding carboxylic acids is 3. The first-order chi connectivity index (χ1) is 27.0. The number of hydrogen-bond acceptors (Lipinski definition) is 9. The summed E-state index contributed by atoms with van der Waals surface area (Å²) in [4.78, 5) is 46.3. The molecule has 3 fully saturated rings. The van der Waals surface area contributed by atoms with Gasteiger partial charge in [-0.25, -0.2) is 19.3 Å². The molecule has 2 saturated carbocycles. The topological polar surface area (TPSA) is 182 Å². The number of anilines is 1. The molecule has 0 aromatic heterocycles. The van der Waals surface area contributed by atoms with Gasteiger partial charge in [0.1, 0.15) is 17.1 Å². The quantitative estimate of drug-likeness (QED) is 0.0683. The van der Waals surface area contributed by atoms with E-state index in [4.69, 9.17) is 50.8 Å². The molecule has 0 unspecified atom stereocenters. The summed E-state index contributed by atoms with van der Waals surface area (Å²) in [7, 11) is 0. The van der Waals surface area contributed by atoms with Gasteiger partial charge in [-0.3, -0.25) is 10.1 Å². The standard InChI is InChI=1S/C21H23ClN4O2.C12H19N3.C9H5ClN2O/c1-15-17(9-8-16(14-24)18(15)22)26-19(27)21(10-4-5-11-21)25(20(26)28)13-7-3-2-6-12-23;13-9-5-1-2-6-10-15-12(11-14)7-3-4-8-12;1-6-7(11-2)3-4-8(9(6)10)12-5-13/h8-9H,2-7,10-11,13H2,1H3;15H,1-8,10H2;3-4H,1H3. The second-order valence-electron chi connectivity index (χ2n) is 14.1. The first-order valence-corrected chi connectivity index (χ1v) is 19.8. The molecule has 12 nitrogen and oxygen atoms in total. The van der Waals surface area contributed by atoms with Crippen molar-refractivity contribution in [2.45, 2.75) is 128 Å². The molecule has 0 radical (unpaired) electrons. The maximum absolute atomic E-state index is 13.4. The fourth-order valence-corrected chi connectivity index (χ4v) is 7.80. The summed E-state index contributed by atoms with van der Waals surface area (Å²) in [5, 5.41) is 39.3. The molecule has 3 aliphatic rings. The molecule has 2 aliphatic carbocycles. The summed E-state index contributed by atoms with van der Waals surface area (Å²) in [6.45, 7) is 11.7. The lowest BCUT2D eigenvalue weighted by atomic mass is 9.95. The minimum Gasteiger partial charge on any atom is -0.309 e. The molecule has 1 aliphatic heterocycles. The van der Waals surface area contributed by atoms with Crippen molar-refractivity contribution in [1.29, 1.82) is 21.0 Å². The van der Waals surface area contributed by atoms with E-state index in [1.165, 1.54) is 29.9 Å². The van der Waals surface area contributed by atoms with Crippen molar-refractivity contribution in [3.63, 3.8) is 0 Å². The number of carbonyl (C=O) groups is 2. The van der Waals surface area contributed by atoms with Crippen LogP contribution < -0.4 is 10.2 Å². The molecule has 5 rings (SSSR count). The van der Waals surface area contributed by atoms with Crippen molar-refractivity contribution in [3.05, 3.63) is 62.4 Å². The number of urea groups is 1. The van der Waals surface area contributed by atoms with Gasteiger partial charge in [-0.05, 0) is 101 Å². The van der Waals surface area contributed by atoms with Gasteiger partial charge in [0, 0.05) is 19.4 Å². The molecule has 56 heavy (non-hydrogen) atoms. The Morgan fingerprint density at radius 3 is 2.04 bits per heavy atom. The second-order valence-corrected chi connectivity index (χ2v) is 14.9. The van der Waals surface area contributed by atoms with Crippen LogP contribution in [0.15, 0.2) is 29.3 Å². The van der Waals surface area contributed by atoms with Gasteiger partial charge < -0.3 is 4.90 Å². The van der Waals surface area contributed by atoms with Crippen LogP contribution in [-0.4, -0.2) is 47.1 Å². The fourth-order valence-electron chi connectivity index (χ4n) is 7.39. The number of aliphatic imine (C=N–C) groups is 1. The highest BCUT2D eigenvalue weighted by molar-refractivity contribution is 6.34.